The van der Waals surface area contributed by atoms with Crippen LogP contribution >= 0.6 is 0 Å². The highest BCUT2D eigenvalue weighted by Gasteiger charge is 2.41. The maximum Gasteiger partial charge on any atom is 0.320 e. The summed E-state index contributed by atoms with van der Waals surface area (Å²) < 4.78 is 0. The van der Waals surface area contributed by atoms with E-state index in [-0.39, 0.29) is 41.3 Å². The first kappa shape index (κ1) is 41.8. The van der Waals surface area contributed by atoms with Crippen molar-refractivity contribution in [2.75, 3.05) is 46.3 Å². The van der Waals surface area contributed by atoms with Crippen LogP contribution < -0.4 is 10.6 Å². The Hall–Kier alpha value is -3.92. The van der Waals surface area contributed by atoms with Gasteiger partial charge in [0.2, 0.25) is 17.7 Å². The summed E-state index contributed by atoms with van der Waals surface area (Å²) in [7, 11) is 1.73. The quantitative estimate of drug-likeness (QED) is 0.243. The second-order valence-corrected chi connectivity index (χ2v) is 17.4. The van der Waals surface area contributed by atoms with Crippen LogP contribution in [0.25, 0.3) is 0 Å². The molecule has 0 spiro atoms. The second-order valence-electron chi connectivity index (χ2n) is 17.4. The van der Waals surface area contributed by atoms with Crippen LogP contribution in [0.1, 0.15) is 91.7 Å². The van der Waals surface area contributed by atoms with Crippen LogP contribution in [0.2, 0.25) is 0 Å². The van der Waals surface area contributed by atoms with Crippen molar-refractivity contribution in [3.05, 3.63) is 71.8 Å². The molecular weight excluding hydrogens is 665 g/mol. The molecule has 2 aromatic carbocycles. The van der Waals surface area contributed by atoms with E-state index < -0.39 is 17.5 Å². The summed E-state index contributed by atoms with van der Waals surface area (Å²) in [5, 5.41) is 6.00. The van der Waals surface area contributed by atoms with E-state index in [1.54, 1.807) is 14.0 Å². The second kappa shape index (κ2) is 18.9. The molecule has 0 unspecified atom stereocenters. The monoisotopic (exact) mass is 731 g/mol. The molecule has 5 amide bonds. The van der Waals surface area contributed by atoms with Crippen molar-refractivity contribution in [3.8, 4) is 0 Å². The van der Waals surface area contributed by atoms with Crippen LogP contribution in [0.15, 0.2) is 60.7 Å². The van der Waals surface area contributed by atoms with Gasteiger partial charge in [0, 0.05) is 57.8 Å². The first-order valence-electron chi connectivity index (χ1n) is 19.8. The van der Waals surface area contributed by atoms with Gasteiger partial charge in [-0.25, -0.2) is 4.79 Å². The predicted octanol–water partition coefficient (Wildman–Crippen LogP) is 5.75. The smallest absolute Gasteiger partial charge is 0.320 e. The van der Waals surface area contributed by atoms with E-state index in [4.69, 9.17) is 0 Å². The summed E-state index contributed by atoms with van der Waals surface area (Å²) in [4.78, 5) is 63.7. The van der Waals surface area contributed by atoms with Crippen LogP contribution in [0.5, 0.6) is 0 Å². The highest BCUT2D eigenvalue weighted by molar-refractivity contribution is 5.90. The molecule has 2 saturated heterocycles. The van der Waals surface area contributed by atoms with Crippen molar-refractivity contribution in [3.63, 3.8) is 0 Å². The van der Waals surface area contributed by atoms with Gasteiger partial charge in [0.1, 0.15) is 6.04 Å². The lowest BCUT2D eigenvalue weighted by atomic mass is 9.85. The molecule has 4 atom stereocenters. The van der Waals surface area contributed by atoms with Crippen molar-refractivity contribution >= 4 is 23.8 Å². The average Bonchev–Trinajstić information content (AvgIpc) is 3.79. The van der Waals surface area contributed by atoms with Crippen LogP contribution in [-0.2, 0) is 27.2 Å². The topological polar surface area (TPSA) is 105 Å². The van der Waals surface area contributed by atoms with E-state index >= 15 is 0 Å². The number of nitrogens with zero attached hydrogens (tertiary/aromatic N) is 4. The first-order chi connectivity index (χ1) is 25.1. The van der Waals surface area contributed by atoms with Crippen molar-refractivity contribution in [2.24, 2.45) is 10.8 Å². The number of likely N-dealkylation sites (N-methyl/N-ethyl adjacent to an activating group) is 1. The number of hydrogen-bond acceptors (Lipinski definition) is 5. The fourth-order valence-electron chi connectivity index (χ4n) is 7.49. The highest BCUT2D eigenvalue weighted by Crippen LogP contribution is 2.28. The van der Waals surface area contributed by atoms with Gasteiger partial charge in [-0.05, 0) is 74.5 Å². The molecule has 2 heterocycles. The summed E-state index contributed by atoms with van der Waals surface area (Å²) in [5.41, 5.74) is 1.67. The Labute approximate surface area is 319 Å². The van der Waals surface area contributed by atoms with Gasteiger partial charge in [-0.2, -0.15) is 0 Å². The maximum absolute atomic E-state index is 15.0. The predicted molar refractivity (Wildman–Crippen MR) is 212 cm³/mol. The Bertz CT molecular complexity index is 1490. The van der Waals surface area contributed by atoms with E-state index in [1.165, 1.54) is 0 Å². The van der Waals surface area contributed by atoms with Gasteiger partial charge >= 0.3 is 6.03 Å². The van der Waals surface area contributed by atoms with E-state index in [1.807, 2.05) is 76.8 Å². The fraction of sp³-hybridized carbons (Fsp3) is 0.628. The van der Waals surface area contributed by atoms with Gasteiger partial charge in [-0.15, -0.1) is 0 Å². The zero-order chi connectivity index (χ0) is 38.8. The lowest BCUT2D eigenvalue weighted by Gasteiger charge is -2.39. The molecule has 2 N–H and O–H groups in total. The van der Waals surface area contributed by atoms with Crippen LogP contribution in [0.3, 0.4) is 0 Å². The van der Waals surface area contributed by atoms with Crippen LogP contribution in [0.4, 0.5) is 4.79 Å². The van der Waals surface area contributed by atoms with Gasteiger partial charge in [-0.3, -0.25) is 14.4 Å². The Kier molecular flexibility index (Phi) is 14.9. The fourth-order valence-corrected chi connectivity index (χ4v) is 7.49. The third-order valence-electron chi connectivity index (χ3n) is 10.7. The third kappa shape index (κ3) is 12.3. The lowest BCUT2D eigenvalue weighted by Crippen LogP contribution is -2.59. The van der Waals surface area contributed by atoms with Crippen molar-refractivity contribution in [2.45, 2.75) is 118 Å². The first-order valence-corrected chi connectivity index (χ1v) is 19.8. The zero-order valence-corrected chi connectivity index (χ0v) is 33.7. The molecule has 2 aliphatic rings. The van der Waals surface area contributed by atoms with E-state index in [0.717, 1.165) is 43.4 Å². The summed E-state index contributed by atoms with van der Waals surface area (Å²) in [6.45, 7) is 17.2. The van der Waals surface area contributed by atoms with E-state index in [0.29, 0.717) is 52.0 Å². The lowest BCUT2D eigenvalue weighted by molar-refractivity contribution is -0.140. The standard InChI is InChI=1S/C43H66N6O4/c1-32(44-8)39(51)45-38(43(5,6)7)40(52)49-26-16-22-36(49)31-47(28-24-34-19-13-10-14-20-34)41(53)46(27-23-33-17-11-9-12-18-33)30-35-21-15-25-48(35)37(50)29-42(2,3)4/h9-14,17-20,32,35-36,38,44H,15-16,21-31H2,1-8H3,(H,45,51)/t32-,35-,36-,38+/m0/s1. The molecule has 0 saturated carbocycles. The number of hydrogen-bond donors (Lipinski definition) is 2. The number of carbonyl (C=O) groups is 4. The molecule has 0 aromatic heterocycles. The largest absolute Gasteiger partial charge is 0.342 e. The Morgan fingerprint density at radius 1 is 0.755 bits per heavy atom. The Morgan fingerprint density at radius 2 is 1.23 bits per heavy atom. The Balaban J connectivity index is 1.62. The highest BCUT2D eigenvalue weighted by atomic mass is 16.2. The SMILES string of the molecule is CN[C@@H](C)C(=O)N[C@H](C(=O)N1CCC[C@H]1CN(CCc1ccccc1)C(=O)N(CCc1ccccc1)C[C@@H]1CCCN1C(=O)CC(C)(C)C)C(C)(C)C. The summed E-state index contributed by atoms with van der Waals surface area (Å²) >= 11 is 0. The van der Waals surface area contributed by atoms with Gasteiger partial charge in [0.25, 0.3) is 0 Å². The number of amides is 5. The number of benzene rings is 2. The minimum absolute atomic E-state index is 0.0405. The molecule has 0 bridgehead atoms. The molecule has 2 fully saturated rings. The molecular formula is C43H66N6O4. The molecule has 0 radical (unpaired) electrons. The molecule has 0 aliphatic carbocycles. The van der Waals surface area contributed by atoms with Crippen molar-refractivity contribution in [1.82, 2.24) is 30.2 Å². The maximum atomic E-state index is 15.0. The molecule has 292 valence electrons. The van der Waals surface area contributed by atoms with Gasteiger partial charge in [0.15, 0.2) is 0 Å². The number of nitrogens with one attached hydrogen (secondary N) is 2. The molecule has 10 nitrogen and oxygen atoms in total. The van der Waals surface area contributed by atoms with E-state index in [9.17, 15) is 19.2 Å². The molecule has 2 aliphatic heterocycles. The Morgan fingerprint density at radius 3 is 1.68 bits per heavy atom. The summed E-state index contributed by atoms with van der Waals surface area (Å²) in [5.74, 6) is -0.166. The normalized spacial score (nSPS) is 18.8. The van der Waals surface area contributed by atoms with Gasteiger partial charge in [-0.1, -0.05) is 102 Å². The molecule has 2 aromatic rings. The molecule has 4 rings (SSSR count). The van der Waals surface area contributed by atoms with Crippen LogP contribution in [0, 0.1) is 10.8 Å². The van der Waals surface area contributed by atoms with Gasteiger partial charge in [0.05, 0.1) is 6.04 Å². The number of carbonyl (C=O) groups excluding carboxylic acids is 4. The number of rotatable bonds is 15. The van der Waals surface area contributed by atoms with Gasteiger partial charge < -0.3 is 30.2 Å². The number of urea groups is 1. The minimum atomic E-state index is -0.707. The molecule has 10 heteroatoms. The number of likely N-dealkylation sites (tertiary alicyclic amines) is 2. The minimum Gasteiger partial charge on any atom is -0.342 e. The van der Waals surface area contributed by atoms with Crippen molar-refractivity contribution in [1.29, 1.82) is 0 Å². The van der Waals surface area contributed by atoms with E-state index in [2.05, 4.69) is 55.7 Å². The molecule has 53 heavy (non-hydrogen) atoms. The third-order valence-corrected chi connectivity index (χ3v) is 10.7. The average molecular weight is 731 g/mol. The van der Waals surface area contributed by atoms with Crippen LogP contribution in [-0.4, -0.2) is 114 Å². The summed E-state index contributed by atoms with van der Waals surface area (Å²) in [6.07, 6.45) is 5.26. The van der Waals surface area contributed by atoms with Crippen molar-refractivity contribution < 1.29 is 19.2 Å². The zero-order valence-electron chi connectivity index (χ0n) is 33.7. The summed E-state index contributed by atoms with van der Waals surface area (Å²) in [6, 6.07) is 19.0.